The lowest BCUT2D eigenvalue weighted by Gasteiger charge is -2.05. The van der Waals surface area contributed by atoms with Gasteiger partial charge in [-0.1, -0.05) is 23.5 Å². The van der Waals surface area contributed by atoms with Gasteiger partial charge in [-0.2, -0.15) is 0 Å². The predicted molar refractivity (Wildman–Crippen MR) is 83.0 cm³/mol. The summed E-state index contributed by atoms with van der Waals surface area (Å²) in [6.07, 6.45) is 3.12. The number of hydrogen-bond donors (Lipinski definition) is 1. The fourth-order valence-corrected chi connectivity index (χ4v) is 2.83. The fraction of sp³-hybridized carbons (Fsp3) is 0.143. The standard InChI is InChI=1S/C14H12N4O2S/c1-15-12-7-16-9(6-17-12)8-18-13(19)10-4-2-3-5-11(10)21-14(18)20/h2-7H,8H2,1H3,(H,15,17). The minimum atomic E-state index is -0.297. The van der Waals surface area contributed by atoms with Crippen LogP contribution >= 0.6 is 11.3 Å². The van der Waals surface area contributed by atoms with Crippen molar-refractivity contribution in [1.82, 2.24) is 14.5 Å². The number of rotatable bonds is 3. The number of nitrogens with zero attached hydrogens (tertiary/aromatic N) is 3. The van der Waals surface area contributed by atoms with Crippen LogP contribution in [0.5, 0.6) is 0 Å². The molecule has 0 radical (unpaired) electrons. The third kappa shape index (κ3) is 2.55. The van der Waals surface area contributed by atoms with E-state index in [1.54, 1.807) is 37.6 Å². The highest BCUT2D eigenvalue weighted by Gasteiger charge is 2.09. The molecule has 7 heteroatoms. The molecule has 0 saturated carbocycles. The molecule has 0 saturated heterocycles. The molecule has 0 spiro atoms. The van der Waals surface area contributed by atoms with E-state index in [4.69, 9.17) is 0 Å². The van der Waals surface area contributed by atoms with Crippen molar-refractivity contribution < 1.29 is 0 Å². The fourth-order valence-electron chi connectivity index (χ4n) is 1.97. The second-order valence-corrected chi connectivity index (χ2v) is 5.39. The van der Waals surface area contributed by atoms with Gasteiger partial charge in [-0.05, 0) is 12.1 Å². The molecule has 2 heterocycles. The van der Waals surface area contributed by atoms with E-state index in [2.05, 4.69) is 15.3 Å². The summed E-state index contributed by atoms with van der Waals surface area (Å²) >= 11 is 1.06. The van der Waals surface area contributed by atoms with Crippen molar-refractivity contribution >= 4 is 27.2 Å². The molecule has 3 aromatic rings. The van der Waals surface area contributed by atoms with Crippen LogP contribution in [0.25, 0.3) is 10.1 Å². The first kappa shape index (κ1) is 13.4. The molecule has 0 bridgehead atoms. The minimum Gasteiger partial charge on any atom is -0.372 e. The maximum Gasteiger partial charge on any atom is 0.310 e. The lowest BCUT2D eigenvalue weighted by Crippen LogP contribution is -2.31. The molecule has 0 aliphatic rings. The van der Waals surface area contributed by atoms with Crippen LogP contribution < -0.4 is 15.7 Å². The second kappa shape index (κ2) is 5.45. The molecule has 1 N–H and O–H groups in total. The Kier molecular flexibility index (Phi) is 3.49. The molecule has 0 aliphatic carbocycles. The molecule has 3 rings (SSSR count). The minimum absolute atomic E-state index is 0.121. The normalized spacial score (nSPS) is 10.7. The van der Waals surface area contributed by atoms with Gasteiger partial charge in [0.2, 0.25) is 0 Å². The Balaban J connectivity index is 2.07. The van der Waals surface area contributed by atoms with Crippen LogP contribution in [0, 0.1) is 0 Å². The zero-order valence-corrected chi connectivity index (χ0v) is 12.1. The number of anilines is 1. The largest absolute Gasteiger partial charge is 0.372 e. The van der Waals surface area contributed by atoms with Gasteiger partial charge >= 0.3 is 4.87 Å². The first-order chi connectivity index (χ1) is 10.2. The van der Waals surface area contributed by atoms with Gasteiger partial charge in [0.25, 0.3) is 5.56 Å². The zero-order valence-electron chi connectivity index (χ0n) is 11.2. The van der Waals surface area contributed by atoms with E-state index in [0.717, 1.165) is 11.3 Å². The summed E-state index contributed by atoms with van der Waals surface area (Å²) in [6.45, 7) is 0.121. The number of nitrogens with one attached hydrogen (secondary N) is 1. The summed E-state index contributed by atoms with van der Waals surface area (Å²) in [5, 5.41) is 3.41. The maximum atomic E-state index is 12.4. The first-order valence-electron chi connectivity index (χ1n) is 6.30. The number of aromatic nitrogens is 3. The monoisotopic (exact) mass is 300 g/mol. The van der Waals surface area contributed by atoms with Crippen molar-refractivity contribution in [2.24, 2.45) is 0 Å². The Morgan fingerprint density at radius 2 is 2.00 bits per heavy atom. The lowest BCUT2D eigenvalue weighted by molar-refractivity contribution is 0.729. The molecular weight excluding hydrogens is 288 g/mol. The predicted octanol–water partition coefficient (Wildman–Crippen LogP) is 1.30. The van der Waals surface area contributed by atoms with E-state index >= 15 is 0 Å². The van der Waals surface area contributed by atoms with Crippen molar-refractivity contribution in [2.45, 2.75) is 6.54 Å². The van der Waals surface area contributed by atoms with E-state index in [1.165, 1.54) is 4.57 Å². The van der Waals surface area contributed by atoms with Crippen molar-refractivity contribution in [1.29, 1.82) is 0 Å². The number of benzene rings is 1. The highest BCUT2D eigenvalue weighted by atomic mass is 32.1. The van der Waals surface area contributed by atoms with Crippen LogP contribution in [0.4, 0.5) is 5.82 Å². The Labute approximate surface area is 123 Å². The summed E-state index contributed by atoms with van der Waals surface area (Å²) in [4.78, 5) is 32.5. The van der Waals surface area contributed by atoms with E-state index in [0.29, 0.717) is 21.6 Å². The van der Waals surface area contributed by atoms with Gasteiger partial charge in [0.05, 0.1) is 30.0 Å². The highest BCUT2D eigenvalue weighted by molar-refractivity contribution is 7.16. The van der Waals surface area contributed by atoms with Crippen LogP contribution in [0.2, 0.25) is 0 Å². The summed E-state index contributed by atoms with van der Waals surface area (Å²) in [5.74, 6) is 0.634. The van der Waals surface area contributed by atoms with Crippen LogP contribution in [0.3, 0.4) is 0 Å². The Hall–Kier alpha value is -2.54. The van der Waals surface area contributed by atoms with Gasteiger partial charge in [-0.15, -0.1) is 0 Å². The smallest absolute Gasteiger partial charge is 0.310 e. The van der Waals surface area contributed by atoms with Crippen LogP contribution in [0.15, 0.2) is 46.2 Å². The molecule has 0 fully saturated rings. The van der Waals surface area contributed by atoms with Crippen molar-refractivity contribution in [2.75, 3.05) is 12.4 Å². The second-order valence-electron chi connectivity index (χ2n) is 4.40. The molecule has 0 aliphatic heterocycles. The molecule has 2 aromatic heterocycles. The van der Waals surface area contributed by atoms with Gasteiger partial charge in [-0.25, -0.2) is 4.98 Å². The zero-order chi connectivity index (χ0) is 14.8. The van der Waals surface area contributed by atoms with Crippen molar-refractivity contribution in [3.05, 3.63) is 62.4 Å². The van der Waals surface area contributed by atoms with Crippen LogP contribution in [-0.4, -0.2) is 21.6 Å². The summed E-state index contributed by atoms with van der Waals surface area (Å²) in [5.41, 5.74) is 0.268. The maximum absolute atomic E-state index is 12.4. The molecule has 106 valence electrons. The van der Waals surface area contributed by atoms with Crippen LogP contribution in [0.1, 0.15) is 5.69 Å². The van der Waals surface area contributed by atoms with E-state index in [9.17, 15) is 9.59 Å². The Morgan fingerprint density at radius 1 is 1.19 bits per heavy atom. The Morgan fingerprint density at radius 3 is 2.71 bits per heavy atom. The van der Waals surface area contributed by atoms with Gasteiger partial charge in [-0.3, -0.25) is 19.1 Å². The average molecular weight is 300 g/mol. The van der Waals surface area contributed by atoms with Crippen molar-refractivity contribution in [3.63, 3.8) is 0 Å². The molecule has 0 atom stereocenters. The molecule has 21 heavy (non-hydrogen) atoms. The van der Waals surface area contributed by atoms with E-state index in [1.807, 2.05) is 6.07 Å². The van der Waals surface area contributed by atoms with E-state index in [-0.39, 0.29) is 17.0 Å². The molecule has 0 unspecified atom stereocenters. The number of fused-ring (bicyclic) bond motifs is 1. The average Bonchev–Trinajstić information content (AvgIpc) is 2.52. The van der Waals surface area contributed by atoms with Gasteiger partial charge in [0, 0.05) is 11.7 Å². The van der Waals surface area contributed by atoms with Gasteiger partial charge < -0.3 is 5.32 Å². The lowest BCUT2D eigenvalue weighted by atomic mass is 10.3. The third-order valence-electron chi connectivity index (χ3n) is 3.06. The topological polar surface area (TPSA) is 76.9 Å². The highest BCUT2D eigenvalue weighted by Crippen LogP contribution is 2.11. The van der Waals surface area contributed by atoms with Crippen LogP contribution in [-0.2, 0) is 6.54 Å². The summed E-state index contributed by atoms with van der Waals surface area (Å²) < 4.78 is 1.89. The van der Waals surface area contributed by atoms with Gasteiger partial charge in [0.1, 0.15) is 5.82 Å². The molecular formula is C14H12N4O2S. The summed E-state index contributed by atoms with van der Waals surface area (Å²) in [6, 6.07) is 7.09. The third-order valence-corrected chi connectivity index (χ3v) is 4.03. The Bertz CT molecular complexity index is 899. The molecule has 0 amide bonds. The molecule has 1 aromatic carbocycles. The molecule has 6 nitrogen and oxygen atoms in total. The first-order valence-corrected chi connectivity index (χ1v) is 7.12. The SMILES string of the molecule is CNc1cnc(Cn2c(=O)sc3ccccc3c2=O)cn1. The number of hydrogen-bond acceptors (Lipinski definition) is 6. The van der Waals surface area contributed by atoms with E-state index < -0.39 is 0 Å². The quantitative estimate of drug-likeness (QED) is 0.789. The summed E-state index contributed by atoms with van der Waals surface area (Å²) in [7, 11) is 1.74. The van der Waals surface area contributed by atoms with Gasteiger partial charge in [0.15, 0.2) is 0 Å². The van der Waals surface area contributed by atoms with Crippen molar-refractivity contribution in [3.8, 4) is 0 Å².